The summed E-state index contributed by atoms with van der Waals surface area (Å²) in [5.74, 6) is 0.0942. The summed E-state index contributed by atoms with van der Waals surface area (Å²) < 4.78 is 1.37. The predicted molar refractivity (Wildman–Crippen MR) is 61.5 cm³/mol. The van der Waals surface area contributed by atoms with Gasteiger partial charge in [0.15, 0.2) is 0 Å². The molecule has 90 valence electrons. The molecule has 1 aliphatic rings. The molecule has 0 spiro atoms. The number of carbonyl (C=O) groups is 2. The van der Waals surface area contributed by atoms with E-state index in [1.165, 1.54) is 10.6 Å². The molecule has 1 amide bonds. The molecule has 0 atom stereocenters. The molecule has 0 saturated carbocycles. The third-order valence-corrected chi connectivity index (χ3v) is 2.88. The van der Waals surface area contributed by atoms with Crippen molar-refractivity contribution in [2.75, 3.05) is 13.1 Å². The van der Waals surface area contributed by atoms with Gasteiger partial charge in [-0.25, -0.2) is 0 Å². The van der Waals surface area contributed by atoms with E-state index in [9.17, 15) is 14.4 Å². The van der Waals surface area contributed by atoms with Crippen molar-refractivity contribution in [1.82, 2.24) is 9.47 Å². The summed E-state index contributed by atoms with van der Waals surface area (Å²) in [6, 6.07) is 4.78. The van der Waals surface area contributed by atoms with Crippen LogP contribution in [0.25, 0.3) is 0 Å². The number of piperidine rings is 1. The molecule has 0 bridgehead atoms. The van der Waals surface area contributed by atoms with Crippen LogP contribution in [-0.2, 0) is 16.1 Å². The molecular formula is C12H14N2O3. The third kappa shape index (κ3) is 2.81. The summed E-state index contributed by atoms with van der Waals surface area (Å²) in [6.45, 7) is 0.992. The number of Topliss-reactive ketones (excluding diaryl/α,β-unsaturated/α-hetero) is 1. The standard InChI is InChI=1S/C12H14N2O3/c15-10-4-7-13(8-5-10)12(17)9-14-6-2-1-3-11(14)16/h1-3,6H,4-5,7-9H2. The van der Waals surface area contributed by atoms with Gasteiger partial charge in [-0.15, -0.1) is 0 Å². The van der Waals surface area contributed by atoms with E-state index < -0.39 is 0 Å². The smallest absolute Gasteiger partial charge is 0.250 e. The fourth-order valence-corrected chi connectivity index (χ4v) is 1.84. The summed E-state index contributed by atoms with van der Waals surface area (Å²) in [5, 5.41) is 0. The number of likely N-dealkylation sites (tertiary alicyclic amines) is 1. The summed E-state index contributed by atoms with van der Waals surface area (Å²) in [6.07, 6.45) is 2.44. The highest BCUT2D eigenvalue weighted by Gasteiger charge is 2.20. The molecule has 2 heterocycles. The highest BCUT2D eigenvalue weighted by Crippen LogP contribution is 2.06. The lowest BCUT2D eigenvalue weighted by atomic mass is 10.1. The molecule has 1 fully saturated rings. The van der Waals surface area contributed by atoms with Gasteiger partial charge in [0.05, 0.1) is 0 Å². The normalized spacial score (nSPS) is 16.0. The first-order chi connectivity index (χ1) is 8.16. The number of rotatable bonds is 2. The lowest BCUT2D eigenvalue weighted by Gasteiger charge is -2.26. The van der Waals surface area contributed by atoms with Crippen molar-refractivity contribution in [3.8, 4) is 0 Å². The molecule has 0 radical (unpaired) electrons. The second kappa shape index (κ2) is 4.95. The molecule has 0 unspecified atom stereocenters. The monoisotopic (exact) mass is 234 g/mol. The Kier molecular flexibility index (Phi) is 3.37. The number of hydrogen-bond donors (Lipinski definition) is 0. The van der Waals surface area contributed by atoms with E-state index in [-0.39, 0.29) is 23.8 Å². The molecule has 0 N–H and O–H groups in total. The lowest BCUT2D eigenvalue weighted by Crippen LogP contribution is -2.41. The fraction of sp³-hybridized carbons (Fsp3) is 0.417. The maximum Gasteiger partial charge on any atom is 0.250 e. The number of ketones is 1. The highest BCUT2D eigenvalue weighted by molar-refractivity contribution is 5.83. The minimum absolute atomic E-state index is 0.0495. The Morgan fingerprint density at radius 3 is 2.53 bits per heavy atom. The van der Waals surface area contributed by atoms with Crippen LogP contribution >= 0.6 is 0 Å². The number of aromatic nitrogens is 1. The van der Waals surface area contributed by atoms with Crippen molar-refractivity contribution in [3.05, 3.63) is 34.7 Å². The first-order valence-electron chi connectivity index (χ1n) is 5.62. The van der Waals surface area contributed by atoms with E-state index in [2.05, 4.69) is 0 Å². The average molecular weight is 234 g/mol. The molecule has 0 aromatic carbocycles. The van der Waals surface area contributed by atoms with Gasteiger partial charge in [0.1, 0.15) is 12.3 Å². The van der Waals surface area contributed by atoms with Crippen molar-refractivity contribution in [2.45, 2.75) is 19.4 Å². The van der Waals surface area contributed by atoms with Crippen molar-refractivity contribution in [2.24, 2.45) is 0 Å². The number of carbonyl (C=O) groups excluding carboxylic acids is 2. The van der Waals surface area contributed by atoms with Gasteiger partial charge in [-0.1, -0.05) is 6.07 Å². The van der Waals surface area contributed by atoms with Crippen LogP contribution in [0.3, 0.4) is 0 Å². The number of pyridine rings is 1. The van der Waals surface area contributed by atoms with Crippen LogP contribution < -0.4 is 5.56 Å². The zero-order chi connectivity index (χ0) is 12.3. The predicted octanol–water partition coefficient (Wildman–Crippen LogP) is 0.0398. The van der Waals surface area contributed by atoms with Gasteiger partial charge in [0.25, 0.3) is 5.56 Å². The Hall–Kier alpha value is -1.91. The summed E-state index contributed by atoms with van der Waals surface area (Å²) in [7, 11) is 0. The summed E-state index contributed by atoms with van der Waals surface area (Å²) in [4.78, 5) is 36.0. The Balaban J connectivity index is 2.00. The molecule has 1 saturated heterocycles. The minimum atomic E-state index is -0.186. The average Bonchev–Trinajstić information content (AvgIpc) is 2.33. The summed E-state index contributed by atoms with van der Waals surface area (Å²) in [5.41, 5.74) is -0.186. The van der Waals surface area contributed by atoms with E-state index in [1.54, 1.807) is 23.2 Å². The van der Waals surface area contributed by atoms with Crippen LogP contribution in [0.2, 0.25) is 0 Å². The number of amides is 1. The largest absolute Gasteiger partial charge is 0.340 e. The van der Waals surface area contributed by atoms with Gasteiger partial charge in [0, 0.05) is 38.2 Å². The summed E-state index contributed by atoms with van der Waals surface area (Å²) >= 11 is 0. The van der Waals surface area contributed by atoms with Crippen LogP contribution in [0.1, 0.15) is 12.8 Å². The van der Waals surface area contributed by atoms with Crippen LogP contribution in [0, 0.1) is 0 Å². The minimum Gasteiger partial charge on any atom is -0.340 e. The molecular weight excluding hydrogens is 220 g/mol. The van der Waals surface area contributed by atoms with Crippen molar-refractivity contribution in [1.29, 1.82) is 0 Å². The van der Waals surface area contributed by atoms with Crippen LogP contribution in [0.15, 0.2) is 29.2 Å². The van der Waals surface area contributed by atoms with Crippen LogP contribution in [0.4, 0.5) is 0 Å². The lowest BCUT2D eigenvalue weighted by molar-refractivity contribution is -0.135. The van der Waals surface area contributed by atoms with Crippen molar-refractivity contribution >= 4 is 11.7 Å². The first-order valence-corrected chi connectivity index (χ1v) is 5.62. The van der Waals surface area contributed by atoms with Crippen molar-refractivity contribution < 1.29 is 9.59 Å². The number of nitrogens with zero attached hydrogens (tertiary/aromatic N) is 2. The van der Waals surface area contributed by atoms with E-state index in [0.29, 0.717) is 25.9 Å². The van der Waals surface area contributed by atoms with Gasteiger partial charge in [-0.05, 0) is 6.07 Å². The maximum atomic E-state index is 11.9. The molecule has 17 heavy (non-hydrogen) atoms. The molecule has 0 aliphatic carbocycles. The van der Waals surface area contributed by atoms with E-state index >= 15 is 0 Å². The van der Waals surface area contributed by atoms with Gasteiger partial charge < -0.3 is 9.47 Å². The molecule has 1 aromatic rings. The SMILES string of the molecule is O=C1CCN(C(=O)Cn2ccccc2=O)CC1. The maximum absolute atomic E-state index is 11.9. The second-order valence-electron chi connectivity index (χ2n) is 4.09. The van der Waals surface area contributed by atoms with Gasteiger partial charge in [0.2, 0.25) is 5.91 Å². The van der Waals surface area contributed by atoms with Crippen LogP contribution in [0.5, 0.6) is 0 Å². The first kappa shape index (κ1) is 11.6. The molecule has 1 aromatic heterocycles. The van der Waals surface area contributed by atoms with Gasteiger partial charge in [-0.2, -0.15) is 0 Å². The molecule has 5 heteroatoms. The van der Waals surface area contributed by atoms with Gasteiger partial charge >= 0.3 is 0 Å². The number of hydrogen-bond acceptors (Lipinski definition) is 3. The quantitative estimate of drug-likeness (QED) is 0.726. The zero-order valence-electron chi connectivity index (χ0n) is 9.46. The molecule has 1 aliphatic heterocycles. The van der Waals surface area contributed by atoms with E-state index in [1.807, 2.05) is 0 Å². The Morgan fingerprint density at radius 2 is 1.88 bits per heavy atom. The molecule has 5 nitrogen and oxygen atoms in total. The Morgan fingerprint density at radius 1 is 1.18 bits per heavy atom. The zero-order valence-corrected chi connectivity index (χ0v) is 9.46. The van der Waals surface area contributed by atoms with Crippen LogP contribution in [-0.4, -0.2) is 34.2 Å². The van der Waals surface area contributed by atoms with E-state index in [0.717, 1.165) is 0 Å². The Bertz CT molecular complexity index is 483. The second-order valence-corrected chi connectivity index (χ2v) is 4.09. The third-order valence-electron chi connectivity index (χ3n) is 2.88. The Labute approximate surface area is 98.7 Å². The van der Waals surface area contributed by atoms with E-state index in [4.69, 9.17) is 0 Å². The highest BCUT2D eigenvalue weighted by atomic mass is 16.2. The molecule has 2 rings (SSSR count). The topological polar surface area (TPSA) is 59.4 Å². The fourth-order valence-electron chi connectivity index (χ4n) is 1.84. The van der Waals surface area contributed by atoms with Crippen molar-refractivity contribution in [3.63, 3.8) is 0 Å². The van der Waals surface area contributed by atoms with Gasteiger partial charge in [-0.3, -0.25) is 14.4 Å².